The van der Waals surface area contributed by atoms with Crippen molar-refractivity contribution >= 4 is 29.0 Å². The maximum Gasteiger partial charge on any atom is 0.220 e. The van der Waals surface area contributed by atoms with Crippen LogP contribution in [0.4, 0.5) is 5.82 Å². The first kappa shape index (κ1) is 28.6. The Balaban J connectivity index is 1.16. The molecule has 8 nitrogen and oxygen atoms in total. The molecule has 1 aromatic carbocycles. The molecule has 3 N–H and O–H groups in total. The predicted octanol–water partition coefficient (Wildman–Crippen LogP) is 5.06. The Morgan fingerprint density at radius 3 is 2.29 bits per heavy atom. The zero-order valence-electron chi connectivity index (χ0n) is 23.3. The summed E-state index contributed by atoms with van der Waals surface area (Å²) in [6.45, 7) is 8.04. The number of aromatic nitrogens is 2. The molecule has 1 saturated carbocycles. The lowest BCUT2D eigenvalue weighted by atomic mass is 9.97. The molecular weight excluding hydrogens is 559 g/mol. The number of nitrogens with two attached hydrogens (primary N) is 1. The van der Waals surface area contributed by atoms with E-state index in [1.165, 1.54) is 0 Å². The summed E-state index contributed by atoms with van der Waals surface area (Å²) < 4.78 is 6.26. The number of anilines is 1. The number of halogens is 2. The summed E-state index contributed by atoms with van der Waals surface area (Å²) in [4.78, 5) is 16.6. The van der Waals surface area contributed by atoms with Gasteiger partial charge in [-0.1, -0.05) is 23.2 Å². The molecule has 1 aliphatic carbocycles. The maximum atomic E-state index is 10.2. The van der Waals surface area contributed by atoms with Crippen LogP contribution in [0, 0.1) is 5.92 Å². The molecule has 0 spiro atoms. The molecule has 4 heterocycles. The molecule has 0 bridgehead atoms. The van der Waals surface area contributed by atoms with Crippen LogP contribution in [-0.4, -0.2) is 82.8 Å². The molecule has 6 rings (SSSR count). The highest BCUT2D eigenvalue weighted by molar-refractivity contribution is 6.35. The molecule has 2 aromatic heterocycles. The van der Waals surface area contributed by atoms with Gasteiger partial charge in [-0.2, -0.15) is 0 Å². The Kier molecular flexibility index (Phi) is 8.68. The van der Waals surface area contributed by atoms with Crippen molar-refractivity contribution in [2.75, 3.05) is 57.3 Å². The lowest BCUT2D eigenvalue weighted by Gasteiger charge is -2.36. The topological polar surface area (TPSA) is 91.0 Å². The van der Waals surface area contributed by atoms with Crippen molar-refractivity contribution in [2.24, 2.45) is 11.7 Å². The second-order valence-electron chi connectivity index (χ2n) is 11.8. The van der Waals surface area contributed by atoms with Gasteiger partial charge in [0.05, 0.1) is 17.5 Å². The number of nitrogens with zero attached hydrogens (tertiary/aromatic N) is 5. The quantitative estimate of drug-likeness (QED) is 0.354. The number of β-amino-alcohol motifs (C(OH)–C–C–N with tert-alkyl or cyclic N) is 1. The number of hydrogen-bond donors (Lipinski definition) is 2. The molecule has 3 fully saturated rings. The maximum absolute atomic E-state index is 10.2. The summed E-state index contributed by atoms with van der Waals surface area (Å²) in [5.41, 5.74) is 8.18. The fraction of sp³-hybridized carbons (Fsp3) is 0.484. The number of aliphatic hydroxyl groups is 1. The normalized spacial score (nSPS) is 19.9. The molecule has 0 amide bonds. The van der Waals surface area contributed by atoms with Crippen LogP contribution >= 0.6 is 23.2 Å². The fourth-order valence-corrected chi connectivity index (χ4v) is 6.31. The zero-order valence-corrected chi connectivity index (χ0v) is 24.8. The number of benzene rings is 1. The van der Waals surface area contributed by atoms with E-state index in [9.17, 15) is 5.11 Å². The van der Waals surface area contributed by atoms with Gasteiger partial charge >= 0.3 is 0 Å². The minimum atomic E-state index is -0.440. The second-order valence-corrected chi connectivity index (χ2v) is 12.6. The fourth-order valence-electron chi connectivity index (χ4n) is 5.79. The zero-order chi connectivity index (χ0) is 28.4. The van der Waals surface area contributed by atoms with Crippen molar-refractivity contribution in [1.82, 2.24) is 19.8 Å². The molecule has 218 valence electrons. The van der Waals surface area contributed by atoms with Crippen LogP contribution in [0.15, 0.2) is 48.7 Å². The van der Waals surface area contributed by atoms with Gasteiger partial charge in [0.25, 0.3) is 0 Å². The Morgan fingerprint density at radius 2 is 1.66 bits per heavy atom. The van der Waals surface area contributed by atoms with Crippen LogP contribution in [-0.2, 0) is 6.54 Å². The Hall–Kier alpha value is -2.46. The van der Waals surface area contributed by atoms with Gasteiger partial charge in [-0.3, -0.25) is 9.80 Å². The van der Waals surface area contributed by atoms with E-state index in [0.717, 1.165) is 107 Å². The smallest absolute Gasteiger partial charge is 0.220 e. The molecule has 2 aliphatic heterocycles. The van der Waals surface area contributed by atoms with E-state index in [1.807, 2.05) is 30.3 Å². The van der Waals surface area contributed by atoms with Crippen molar-refractivity contribution in [3.05, 3.63) is 64.3 Å². The van der Waals surface area contributed by atoms with Gasteiger partial charge in [0.2, 0.25) is 5.88 Å². The molecule has 10 heteroatoms. The van der Waals surface area contributed by atoms with E-state index in [1.54, 1.807) is 12.3 Å². The van der Waals surface area contributed by atoms with Crippen LogP contribution in [0.25, 0.3) is 11.3 Å². The average Bonchev–Trinajstić information content (AvgIpc) is 3.70. The van der Waals surface area contributed by atoms with Crippen molar-refractivity contribution in [3.8, 4) is 22.9 Å². The van der Waals surface area contributed by atoms with Gasteiger partial charge in [0.1, 0.15) is 11.6 Å². The molecule has 0 atom stereocenters. The molecule has 2 saturated heterocycles. The van der Waals surface area contributed by atoms with Crippen LogP contribution < -0.4 is 15.4 Å². The summed E-state index contributed by atoms with van der Waals surface area (Å²) in [6.07, 6.45) is 5.86. The largest absolute Gasteiger partial charge is 0.437 e. The summed E-state index contributed by atoms with van der Waals surface area (Å²) >= 11 is 12.6. The highest BCUT2D eigenvalue weighted by Crippen LogP contribution is 2.36. The standard InChI is InChI=1S/C31H38Cl2N6O2/c32-25-15-24(16-26(33)17-25)28-13-23(20-37-7-3-22(18-34)4-8-37)14-30(36-28)41-27-1-2-29(35-19-27)39-11-9-38(10-12-39)21-31(40)5-6-31/h1-2,13-17,19,22,40H,3-12,18,20-21,34H2. The van der Waals surface area contributed by atoms with Gasteiger partial charge in [0, 0.05) is 60.9 Å². The van der Waals surface area contributed by atoms with E-state index in [-0.39, 0.29) is 0 Å². The molecule has 41 heavy (non-hydrogen) atoms. The van der Waals surface area contributed by atoms with Gasteiger partial charge in [0.15, 0.2) is 0 Å². The van der Waals surface area contributed by atoms with E-state index in [2.05, 4.69) is 20.8 Å². The highest BCUT2D eigenvalue weighted by Gasteiger charge is 2.42. The van der Waals surface area contributed by atoms with E-state index in [4.69, 9.17) is 43.6 Å². The molecule has 0 radical (unpaired) electrons. The van der Waals surface area contributed by atoms with Gasteiger partial charge in [-0.15, -0.1) is 0 Å². The van der Waals surface area contributed by atoms with Crippen LogP contribution in [0.5, 0.6) is 11.6 Å². The number of ether oxygens (including phenoxy) is 1. The Bertz CT molecular complexity index is 1320. The predicted molar refractivity (Wildman–Crippen MR) is 164 cm³/mol. The number of piperazine rings is 1. The van der Waals surface area contributed by atoms with Crippen LogP contribution in [0.2, 0.25) is 10.0 Å². The van der Waals surface area contributed by atoms with E-state index < -0.39 is 5.60 Å². The van der Waals surface area contributed by atoms with Crippen molar-refractivity contribution in [2.45, 2.75) is 37.8 Å². The first-order valence-corrected chi connectivity index (χ1v) is 15.3. The minimum absolute atomic E-state index is 0.440. The van der Waals surface area contributed by atoms with Crippen molar-refractivity contribution in [1.29, 1.82) is 0 Å². The molecule has 3 aromatic rings. The van der Waals surface area contributed by atoms with Gasteiger partial charge in [-0.25, -0.2) is 9.97 Å². The number of piperidine rings is 1. The third kappa shape index (κ3) is 7.49. The Labute approximate surface area is 252 Å². The van der Waals surface area contributed by atoms with Crippen LogP contribution in [0.3, 0.4) is 0 Å². The number of pyridine rings is 2. The number of rotatable bonds is 9. The molecule has 0 unspecified atom stereocenters. The summed E-state index contributed by atoms with van der Waals surface area (Å²) in [7, 11) is 0. The van der Waals surface area contributed by atoms with Gasteiger partial charge < -0.3 is 20.5 Å². The Morgan fingerprint density at radius 1 is 0.927 bits per heavy atom. The summed E-state index contributed by atoms with van der Waals surface area (Å²) in [5.74, 6) is 2.68. The molecular formula is C31H38Cl2N6O2. The van der Waals surface area contributed by atoms with Gasteiger partial charge in [-0.05, 0) is 93.2 Å². The number of likely N-dealkylation sites (tertiary alicyclic amines) is 1. The summed E-state index contributed by atoms with van der Waals surface area (Å²) in [5, 5.41) is 11.4. The average molecular weight is 598 g/mol. The van der Waals surface area contributed by atoms with Crippen LogP contribution in [0.1, 0.15) is 31.2 Å². The third-order valence-electron chi connectivity index (χ3n) is 8.45. The van der Waals surface area contributed by atoms with Crippen molar-refractivity contribution < 1.29 is 9.84 Å². The first-order valence-electron chi connectivity index (χ1n) is 14.6. The summed E-state index contributed by atoms with van der Waals surface area (Å²) in [6, 6.07) is 13.5. The second kappa shape index (κ2) is 12.4. The minimum Gasteiger partial charge on any atom is -0.437 e. The van der Waals surface area contributed by atoms with Crippen molar-refractivity contribution in [3.63, 3.8) is 0 Å². The third-order valence-corrected chi connectivity index (χ3v) is 8.89. The number of hydrogen-bond acceptors (Lipinski definition) is 8. The van der Waals surface area contributed by atoms with E-state index >= 15 is 0 Å². The highest BCUT2D eigenvalue weighted by atomic mass is 35.5. The first-order chi connectivity index (χ1) is 19.8. The lowest BCUT2D eigenvalue weighted by molar-refractivity contribution is 0.0888. The monoisotopic (exact) mass is 596 g/mol. The SMILES string of the molecule is NCC1CCN(Cc2cc(Oc3ccc(N4CCN(CC5(O)CC5)CC4)nc3)nc(-c3cc(Cl)cc(Cl)c3)c2)CC1. The van der Waals surface area contributed by atoms with E-state index in [0.29, 0.717) is 27.6 Å². The molecule has 3 aliphatic rings. The lowest BCUT2D eigenvalue weighted by Crippen LogP contribution is -2.49.